The van der Waals surface area contributed by atoms with E-state index in [-0.39, 0.29) is 0 Å². The number of aliphatic imine (C=N–C) groups is 1. The maximum absolute atomic E-state index is 4.62. The number of benzene rings is 1. The first-order valence-corrected chi connectivity index (χ1v) is 5.11. The minimum Gasteiger partial charge on any atom is -0.365 e. The van der Waals surface area contributed by atoms with Gasteiger partial charge in [0.1, 0.15) is 0 Å². The molecule has 1 aromatic carbocycles. The Bertz CT molecular complexity index is 368. The summed E-state index contributed by atoms with van der Waals surface area (Å²) >= 11 is 0. The van der Waals surface area contributed by atoms with Crippen molar-refractivity contribution >= 4 is 17.1 Å². The highest BCUT2D eigenvalue weighted by Gasteiger charge is 2.22. The van der Waals surface area contributed by atoms with Gasteiger partial charge in [0.2, 0.25) is 0 Å². The summed E-state index contributed by atoms with van der Waals surface area (Å²) in [7, 11) is 2.14. The third-order valence-electron chi connectivity index (χ3n) is 2.89. The van der Waals surface area contributed by atoms with Crippen molar-refractivity contribution in [2.75, 3.05) is 11.9 Å². The summed E-state index contributed by atoms with van der Waals surface area (Å²) in [5, 5.41) is 0. The normalized spacial score (nSPS) is 20.4. The summed E-state index contributed by atoms with van der Waals surface area (Å²) < 4.78 is 0. The summed E-state index contributed by atoms with van der Waals surface area (Å²) in [5.74, 6) is 0. The number of rotatable bonds is 1. The molecule has 0 saturated heterocycles. The van der Waals surface area contributed by atoms with Gasteiger partial charge in [-0.1, -0.05) is 19.1 Å². The topological polar surface area (TPSA) is 15.6 Å². The number of nitrogens with zero attached hydrogens (tertiary/aromatic N) is 2. The van der Waals surface area contributed by atoms with Crippen LogP contribution < -0.4 is 4.90 Å². The molecule has 1 unspecified atom stereocenters. The standard InChI is InChI=1S/C12H16N2/c1-4-11-9(2)13-10-7-5-6-8-12(10)14(11)3/h5-8,11H,4H2,1-3H3. The maximum atomic E-state index is 4.62. The van der Waals surface area contributed by atoms with E-state index in [4.69, 9.17) is 0 Å². The average molecular weight is 188 g/mol. The monoisotopic (exact) mass is 188 g/mol. The van der Waals surface area contributed by atoms with Gasteiger partial charge < -0.3 is 4.90 Å². The van der Waals surface area contributed by atoms with Gasteiger partial charge in [-0.15, -0.1) is 0 Å². The highest BCUT2D eigenvalue weighted by atomic mass is 15.2. The van der Waals surface area contributed by atoms with Gasteiger partial charge in [-0.3, -0.25) is 4.99 Å². The molecule has 1 heterocycles. The minimum atomic E-state index is 0.463. The second-order valence-corrected chi connectivity index (χ2v) is 3.78. The first kappa shape index (κ1) is 9.25. The number of anilines is 1. The Morgan fingerprint density at radius 1 is 1.36 bits per heavy atom. The number of hydrogen-bond acceptors (Lipinski definition) is 2. The second-order valence-electron chi connectivity index (χ2n) is 3.78. The Hall–Kier alpha value is -1.31. The molecule has 0 N–H and O–H groups in total. The lowest BCUT2D eigenvalue weighted by molar-refractivity contribution is 0.744. The van der Waals surface area contributed by atoms with E-state index in [1.807, 2.05) is 6.07 Å². The maximum Gasteiger partial charge on any atom is 0.0863 e. The van der Waals surface area contributed by atoms with Gasteiger partial charge in [0.15, 0.2) is 0 Å². The van der Waals surface area contributed by atoms with E-state index in [1.54, 1.807) is 0 Å². The molecule has 74 valence electrons. The molecule has 0 fully saturated rings. The van der Waals surface area contributed by atoms with Crippen molar-refractivity contribution in [1.29, 1.82) is 0 Å². The van der Waals surface area contributed by atoms with Crippen LogP contribution in [0, 0.1) is 0 Å². The van der Waals surface area contributed by atoms with Crippen LogP contribution >= 0.6 is 0 Å². The number of para-hydroxylation sites is 2. The van der Waals surface area contributed by atoms with Gasteiger partial charge in [0.25, 0.3) is 0 Å². The lowest BCUT2D eigenvalue weighted by Crippen LogP contribution is -2.38. The molecule has 0 saturated carbocycles. The fourth-order valence-corrected chi connectivity index (χ4v) is 2.14. The van der Waals surface area contributed by atoms with Gasteiger partial charge in [-0.25, -0.2) is 0 Å². The number of fused-ring (bicyclic) bond motifs is 1. The Morgan fingerprint density at radius 2 is 2.07 bits per heavy atom. The molecule has 1 aromatic rings. The van der Waals surface area contributed by atoms with Crippen molar-refractivity contribution < 1.29 is 0 Å². The van der Waals surface area contributed by atoms with Gasteiger partial charge in [-0.2, -0.15) is 0 Å². The first-order valence-electron chi connectivity index (χ1n) is 5.11. The molecule has 2 heteroatoms. The molecule has 0 bridgehead atoms. The average Bonchev–Trinajstić information content (AvgIpc) is 2.18. The fraction of sp³-hybridized carbons (Fsp3) is 0.417. The van der Waals surface area contributed by atoms with Gasteiger partial charge in [-0.05, 0) is 25.5 Å². The smallest absolute Gasteiger partial charge is 0.0863 e. The molecule has 2 nitrogen and oxygen atoms in total. The van der Waals surface area contributed by atoms with Crippen LogP contribution in [0.3, 0.4) is 0 Å². The first-order chi connectivity index (χ1) is 6.74. The lowest BCUT2D eigenvalue weighted by Gasteiger charge is -2.33. The van der Waals surface area contributed by atoms with E-state index >= 15 is 0 Å². The molecule has 1 aliphatic heterocycles. The molecule has 0 aromatic heterocycles. The van der Waals surface area contributed by atoms with E-state index in [0.717, 1.165) is 12.1 Å². The van der Waals surface area contributed by atoms with Crippen molar-refractivity contribution in [3.63, 3.8) is 0 Å². The SMILES string of the molecule is CCC1C(C)=Nc2ccccc2N1C. The third-order valence-corrected chi connectivity index (χ3v) is 2.89. The van der Waals surface area contributed by atoms with E-state index < -0.39 is 0 Å². The largest absolute Gasteiger partial charge is 0.365 e. The van der Waals surface area contributed by atoms with Crippen molar-refractivity contribution in [3.8, 4) is 0 Å². The van der Waals surface area contributed by atoms with Crippen LogP contribution in [0.15, 0.2) is 29.3 Å². The molecule has 0 radical (unpaired) electrons. The summed E-state index contributed by atoms with van der Waals surface area (Å²) in [6, 6.07) is 8.77. The molecular formula is C12H16N2. The highest BCUT2D eigenvalue weighted by Crippen LogP contribution is 2.33. The van der Waals surface area contributed by atoms with E-state index in [0.29, 0.717) is 6.04 Å². The lowest BCUT2D eigenvalue weighted by atomic mass is 10.0. The summed E-state index contributed by atoms with van der Waals surface area (Å²) in [4.78, 5) is 6.94. The Morgan fingerprint density at radius 3 is 2.79 bits per heavy atom. The molecule has 1 atom stereocenters. The molecule has 14 heavy (non-hydrogen) atoms. The zero-order chi connectivity index (χ0) is 10.1. The second kappa shape index (κ2) is 3.45. The molecular weight excluding hydrogens is 172 g/mol. The highest BCUT2D eigenvalue weighted by molar-refractivity contribution is 5.96. The Kier molecular flexibility index (Phi) is 2.28. The summed E-state index contributed by atoms with van der Waals surface area (Å²) in [6.07, 6.45) is 1.11. The molecule has 0 amide bonds. The van der Waals surface area contributed by atoms with Crippen LogP contribution in [-0.2, 0) is 0 Å². The molecule has 2 rings (SSSR count). The van der Waals surface area contributed by atoms with Crippen LogP contribution in [0.2, 0.25) is 0 Å². The Balaban J connectivity index is 2.50. The van der Waals surface area contributed by atoms with Crippen molar-refractivity contribution in [2.24, 2.45) is 4.99 Å². The predicted octanol–water partition coefficient (Wildman–Crippen LogP) is 3.01. The van der Waals surface area contributed by atoms with Crippen LogP contribution in [0.25, 0.3) is 0 Å². The van der Waals surface area contributed by atoms with Gasteiger partial charge in [0, 0.05) is 12.8 Å². The van der Waals surface area contributed by atoms with E-state index in [1.165, 1.54) is 11.4 Å². The zero-order valence-corrected chi connectivity index (χ0v) is 8.99. The van der Waals surface area contributed by atoms with Crippen LogP contribution in [0.4, 0.5) is 11.4 Å². The molecule has 1 aliphatic rings. The quantitative estimate of drug-likeness (QED) is 0.661. The summed E-state index contributed by atoms with van der Waals surface area (Å²) in [5.41, 5.74) is 3.55. The third kappa shape index (κ3) is 1.31. The van der Waals surface area contributed by atoms with Crippen LogP contribution in [0.1, 0.15) is 20.3 Å². The molecule has 0 aliphatic carbocycles. The predicted molar refractivity (Wildman–Crippen MR) is 61.7 cm³/mol. The fourth-order valence-electron chi connectivity index (χ4n) is 2.14. The van der Waals surface area contributed by atoms with Gasteiger partial charge >= 0.3 is 0 Å². The number of hydrogen-bond donors (Lipinski definition) is 0. The van der Waals surface area contributed by atoms with Gasteiger partial charge in [0.05, 0.1) is 17.4 Å². The summed E-state index contributed by atoms with van der Waals surface area (Å²) in [6.45, 7) is 4.31. The Labute approximate surface area is 85.3 Å². The van der Waals surface area contributed by atoms with E-state index in [9.17, 15) is 0 Å². The van der Waals surface area contributed by atoms with Crippen molar-refractivity contribution in [3.05, 3.63) is 24.3 Å². The minimum absolute atomic E-state index is 0.463. The zero-order valence-electron chi connectivity index (χ0n) is 8.99. The van der Waals surface area contributed by atoms with Crippen LogP contribution in [-0.4, -0.2) is 18.8 Å². The van der Waals surface area contributed by atoms with E-state index in [2.05, 4.69) is 49.0 Å². The van der Waals surface area contributed by atoms with Crippen molar-refractivity contribution in [2.45, 2.75) is 26.3 Å². The van der Waals surface area contributed by atoms with Crippen molar-refractivity contribution in [1.82, 2.24) is 0 Å². The molecule has 0 spiro atoms. The van der Waals surface area contributed by atoms with Crippen LogP contribution in [0.5, 0.6) is 0 Å².